The number of carbonyl (C=O) groups excluding carboxylic acids is 1. The van der Waals surface area contributed by atoms with Crippen molar-refractivity contribution in [3.05, 3.63) is 74.8 Å². The summed E-state index contributed by atoms with van der Waals surface area (Å²) in [6.07, 6.45) is 0. The number of amides is 1. The van der Waals surface area contributed by atoms with Crippen LogP contribution in [0.3, 0.4) is 0 Å². The molecule has 0 spiro atoms. The molecule has 0 aromatic heterocycles. The summed E-state index contributed by atoms with van der Waals surface area (Å²) in [5, 5.41) is 29.7. The van der Waals surface area contributed by atoms with E-state index in [1.165, 1.54) is 23.1 Å². The fraction of sp³-hybridized carbons (Fsp3) is 0.0556. The molecule has 25 heavy (non-hydrogen) atoms. The highest BCUT2D eigenvalue weighted by atomic mass is 16.6. The molecular weight excluding hydrogens is 320 g/mol. The fourth-order valence-electron chi connectivity index (χ4n) is 2.79. The van der Waals surface area contributed by atoms with Gasteiger partial charge in [0.2, 0.25) is 0 Å². The molecule has 0 saturated carbocycles. The first-order chi connectivity index (χ1) is 12.0. The third-order valence-corrected chi connectivity index (χ3v) is 3.94. The maximum absolute atomic E-state index is 12.9. The van der Waals surface area contributed by atoms with Crippen LogP contribution in [0.1, 0.15) is 21.5 Å². The number of hydrogen-bond donors (Lipinski definition) is 0. The Morgan fingerprint density at radius 2 is 1.80 bits per heavy atom. The van der Waals surface area contributed by atoms with Crippen molar-refractivity contribution < 1.29 is 9.72 Å². The Bertz CT molecular complexity index is 1030. The molecule has 1 aliphatic rings. The summed E-state index contributed by atoms with van der Waals surface area (Å²) in [5.74, 6) is -0.433. The lowest BCUT2D eigenvalue weighted by Gasteiger charge is -2.20. The average Bonchev–Trinajstić information content (AvgIpc) is 2.89. The average molecular weight is 330 g/mol. The van der Waals surface area contributed by atoms with E-state index < -0.39 is 10.8 Å². The smallest absolute Gasteiger partial charge is 0.270 e. The Kier molecular flexibility index (Phi) is 3.76. The minimum atomic E-state index is -0.586. The van der Waals surface area contributed by atoms with Crippen molar-refractivity contribution in [3.63, 3.8) is 0 Å². The number of benzene rings is 2. The van der Waals surface area contributed by atoms with E-state index in [0.717, 1.165) is 5.56 Å². The summed E-state index contributed by atoms with van der Waals surface area (Å²) in [5.41, 5.74) is 1.28. The second-order valence-corrected chi connectivity index (χ2v) is 5.36. The number of nitriles is 2. The maximum Gasteiger partial charge on any atom is 0.270 e. The number of hydrogen-bond acceptors (Lipinski definition) is 5. The number of nitro benzene ring substituents is 1. The number of non-ortho nitro benzene ring substituents is 1. The van der Waals surface area contributed by atoms with Gasteiger partial charge in [-0.25, -0.2) is 0 Å². The Morgan fingerprint density at radius 1 is 1.12 bits per heavy atom. The minimum absolute atomic E-state index is 0.0722. The number of carbonyl (C=O) groups is 1. The molecule has 120 valence electrons. The summed E-state index contributed by atoms with van der Waals surface area (Å²) >= 11 is 0. The zero-order valence-electron chi connectivity index (χ0n) is 13.1. The lowest BCUT2D eigenvalue weighted by molar-refractivity contribution is -0.384. The van der Waals surface area contributed by atoms with Crippen molar-refractivity contribution >= 4 is 23.0 Å². The van der Waals surface area contributed by atoms with Gasteiger partial charge in [-0.05, 0) is 24.6 Å². The van der Waals surface area contributed by atoms with Crippen LogP contribution in [0.15, 0.2) is 48.0 Å². The molecule has 1 amide bonds. The van der Waals surface area contributed by atoms with E-state index in [0.29, 0.717) is 5.69 Å². The monoisotopic (exact) mass is 330 g/mol. The number of allylic oxidation sites excluding steroid dienone is 1. The molecule has 0 aliphatic carbocycles. The van der Waals surface area contributed by atoms with Gasteiger partial charge in [0.05, 0.1) is 21.9 Å². The number of anilines is 1. The summed E-state index contributed by atoms with van der Waals surface area (Å²) in [6.45, 7) is 1.80. The van der Waals surface area contributed by atoms with Crippen LogP contribution in [0, 0.1) is 39.7 Å². The molecule has 2 aromatic rings. The first-order valence-electron chi connectivity index (χ1n) is 7.23. The van der Waals surface area contributed by atoms with Gasteiger partial charge in [0.25, 0.3) is 11.6 Å². The zero-order valence-corrected chi connectivity index (χ0v) is 13.1. The molecular formula is C18H10N4O3. The minimum Gasteiger partial charge on any atom is -0.274 e. The van der Waals surface area contributed by atoms with Crippen molar-refractivity contribution in [2.45, 2.75) is 6.92 Å². The number of nitrogens with zero attached hydrogens (tertiary/aromatic N) is 4. The van der Waals surface area contributed by atoms with E-state index in [4.69, 9.17) is 0 Å². The molecule has 0 fully saturated rings. The predicted octanol–water partition coefficient (Wildman–Crippen LogP) is 3.32. The molecule has 1 heterocycles. The second-order valence-electron chi connectivity index (χ2n) is 5.36. The topological polar surface area (TPSA) is 111 Å². The van der Waals surface area contributed by atoms with Crippen LogP contribution in [0.2, 0.25) is 0 Å². The lowest BCUT2D eigenvalue weighted by atomic mass is 10.0. The number of rotatable bonds is 2. The van der Waals surface area contributed by atoms with E-state index >= 15 is 0 Å². The molecule has 0 atom stereocenters. The van der Waals surface area contributed by atoms with Gasteiger partial charge in [-0.2, -0.15) is 10.5 Å². The van der Waals surface area contributed by atoms with Crippen molar-refractivity contribution in [2.75, 3.05) is 4.90 Å². The lowest BCUT2D eigenvalue weighted by Crippen LogP contribution is -2.24. The van der Waals surface area contributed by atoms with Crippen LogP contribution in [0.5, 0.6) is 0 Å². The van der Waals surface area contributed by atoms with Crippen molar-refractivity contribution in [1.29, 1.82) is 10.5 Å². The van der Waals surface area contributed by atoms with Crippen molar-refractivity contribution in [3.8, 4) is 12.1 Å². The molecule has 0 unspecified atom stereocenters. The molecule has 3 rings (SSSR count). The maximum atomic E-state index is 12.9. The van der Waals surface area contributed by atoms with Crippen LogP contribution in [-0.2, 0) is 0 Å². The van der Waals surface area contributed by atoms with Gasteiger partial charge in [-0.3, -0.25) is 19.8 Å². The normalized spacial score (nSPS) is 12.4. The van der Waals surface area contributed by atoms with Gasteiger partial charge >= 0.3 is 0 Å². The van der Waals surface area contributed by atoms with Gasteiger partial charge < -0.3 is 0 Å². The van der Waals surface area contributed by atoms with E-state index in [9.17, 15) is 25.4 Å². The van der Waals surface area contributed by atoms with Crippen LogP contribution >= 0.6 is 0 Å². The number of para-hydroxylation sites is 1. The predicted molar refractivity (Wildman–Crippen MR) is 89.2 cm³/mol. The number of nitro groups is 1. The van der Waals surface area contributed by atoms with E-state index in [1.807, 2.05) is 0 Å². The van der Waals surface area contributed by atoms with Crippen LogP contribution in [0.25, 0.3) is 5.70 Å². The third-order valence-electron chi connectivity index (χ3n) is 3.94. The second kappa shape index (κ2) is 5.91. The van der Waals surface area contributed by atoms with E-state index in [1.54, 1.807) is 43.3 Å². The van der Waals surface area contributed by atoms with Gasteiger partial charge in [-0.15, -0.1) is 0 Å². The molecule has 1 aliphatic heterocycles. The van der Waals surface area contributed by atoms with Gasteiger partial charge in [0, 0.05) is 17.7 Å². The summed E-state index contributed by atoms with van der Waals surface area (Å²) in [4.78, 5) is 24.6. The van der Waals surface area contributed by atoms with Gasteiger partial charge in [0.1, 0.15) is 12.1 Å². The van der Waals surface area contributed by atoms with Crippen LogP contribution in [0.4, 0.5) is 11.4 Å². The van der Waals surface area contributed by atoms with Gasteiger partial charge in [0.15, 0.2) is 5.57 Å². The standard InChI is InChI=1S/C18H10N4O3/c1-11-4-2-3-5-16(11)21-17(12(9-19)10-20)15-8-13(22(24)25)6-7-14(15)18(21)23/h2-8H,1H3. The van der Waals surface area contributed by atoms with Crippen LogP contribution in [-0.4, -0.2) is 10.8 Å². The van der Waals surface area contributed by atoms with E-state index in [-0.39, 0.29) is 28.1 Å². The molecule has 2 aromatic carbocycles. The largest absolute Gasteiger partial charge is 0.274 e. The Balaban J connectivity index is 2.35. The fourth-order valence-corrected chi connectivity index (χ4v) is 2.79. The Morgan fingerprint density at radius 3 is 2.40 bits per heavy atom. The van der Waals surface area contributed by atoms with E-state index in [2.05, 4.69) is 0 Å². The number of aryl methyl sites for hydroxylation is 1. The highest BCUT2D eigenvalue weighted by Crippen LogP contribution is 2.41. The highest BCUT2D eigenvalue weighted by Gasteiger charge is 2.37. The summed E-state index contributed by atoms with van der Waals surface area (Å²) in [7, 11) is 0. The quantitative estimate of drug-likeness (QED) is 0.476. The van der Waals surface area contributed by atoms with Gasteiger partial charge in [-0.1, -0.05) is 18.2 Å². The zero-order chi connectivity index (χ0) is 18.1. The number of fused-ring (bicyclic) bond motifs is 1. The first-order valence-corrected chi connectivity index (χ1v) is 7.23. The molecule has 0 N–H and O–H groups in total. The molecule has 0 radical (unpaired) electrons. The SMILES string of the molecule is Cc1ccccc1N1C(=O)c2ccc([N+](=O)[O-])cc2C1=C(C#N)C#N. The van der Waals surface area contributed by atoms with Crippen molar-refractivity contribution in [2.24, 2.45) is 0 Å². The Labute approximate surface area is 142 Å². The molecule has 0 saturated heterocycles. The summed E-state index contributed by atoms with van der Waals surface area (Å²) in [6, 6.07) is 14.4. The molecule has 7 nitrogen and oxygen atoms in total. The molecule has 0 bridgehead atoms. The third kappa shape index (κ3) is 2.41. The first kappa shape index (κ1) is 15.9. The summed E-state index contributed by atoms with van der Waals surface area (Å²) < 4.78 is 0. The highest BCUT2D eigenvalue weighted by molar-refractivity contribution is 6.23. The van der Waals surface area contributed by atoms with Crippen molar-refractivity contribution in [1.82, 2.24) is 0 Å². The Hall–Kier alpha value is -3.97. The van der Waals surface area contributed by atoms with Crippen LogP contribution < -0.4 is 4.90 Å². The molecule has 7 heteroatoms.